The maximum Gasteiger partial charge on any atom is 0.182 e. The number of aliphatic hydroxyl groups excluding tert-OH is 1. The summed E-state index contributed by atoms with van der Waals surface area (Å²) < 4.78 is 7.67. The van der Waals surface area contributed by atoms with E-state index in [1.54, 1.807) is 17.8 Å². The van der Waals surface area contributed by atoms with Crippen molar-refractivity contribution in [2.75, 3.05) is 0 Å². The predicted molar refractivity (Wildman–Crippen MR) is 146 cm³/mol. The van der Waals surface area contributed by atoms with Gasteiger partial charge in [-0.1, -0.05) is 100 Å². The van der Waals surface area contributed by atoms with Gasteiger partial charge >= 0.3 is 0 Å². The van der Waals surface area contributed by atoms with Crippen LogP contribution in [-0.4, -0.2) is 26.6 Å². The minimum atomic E-state index is -1.80. The molecule has 0 radical (unpaired) electrons. The molecule has 3 aromatic carbocycles. The fraction of sp³-hybridized carbons (Fsp3) is 0.207. The molecule has 4 aromatic rings. The first kappa shape index (κ1) is 24.0. The minimum Gasteiger partial charge on any atom is -0.476 e. The zero-order chi connectivity index (χ0) is 24.9. The predicted octanol–water partition coefficient (Wildman–Crippen LogP) is 6.43. The summed E-state index contributed by atoms with van der Waals surface area (Å²) in [6.45, 7) is 0. The van der Waals surface area contributed by atoms with Crippen molar-refractivity contribution in [1.29, 1.82) is 0 Å². The molecule has 36 heavy (non-hydrogen) atoms. The Bertz CT molecular complexity index is 1390. The number of thioether (sulfide) groups is 1. The maximum absolute atomic E-state index is 12.6. The van der Waals surface area contributed by atoms with Gasteiger partial charge in [0, 0.05) is 33.7 Å². The fourth-order valence-electron chi connectivity index (χ4n) is 5.72. The highest BCUT2D eigenvalue weighted by atomic mass is 79.9. The highest BCUT2D eigenvalue weighted by Gasteiger charge is 2.76. The summed E-state index contributed by atoms with van der Waals surface area (Å²) in [4.78, 5) is 4.51. The highest BCUT2D eigenvalue weighted by molar-refractivity contribution is 9.10. The molecular weight excluding hydrogens is 558 g/mol. The van der Waals surface area contributed by atoms with Crippen molar-refractivity contribution in [3.63, 3.8) is 0 Å². The van der Waals surface area contributed by atoms with Crippen LogP contribution in [0, 0.1) is 0 Å². The number of fused-ring (bicyclic) bond motifs is 3. The number of pyridine rings is 1. The van der Waals surface area contributed by atoms with Crippen molar-refractivity contribution >= 4 is 39.3 Å². The summed E-state index contributed by atoms with van der Waals surface area (Å²) in [7, 11) is 0. The number of hydrogen-bond donors (Lipinski definition) is 2. The van der Waals surface area contributed by atoms with E-state index < -0.39 is 17.3 Å². The third-order valence-corrected chi connectivity index (χ3v) is 9.39. The lowest BCUT2D eigenvalue weighted by Crippen LogP contribution is -2.52. The van der Waals surface area contributed by atoms with E-state index in [1.807, 2.05) is 72.8 Å². The van der Waals surface area contributed by atoms with Gasteiger partial charge < -0.3 is 14.9 Å². The summed E-state index contributed by atoms with van der Waals surface area (Å²) in [6, 6.07) is 29.5. The second-order valence-electron chi connectivity index (χ2n) is 9.21. The van der Waals surface area contributed by atoms with Crippen molar-refractivity contribution in [2.45, 2.75) is 34.2 Å². The Balaban J connectivity index is 1.57. The lowest BCUT2D eigenvalue weighted by Gasteiger charge is -2.40. The molecule has 1 aliphatic carbocycles. The average Bonchev–Trinajstić information content (AvgIpc) is 3.26. The van der Waals surface area contributed by atoms with E-state index in [9.17, 15) is 10.2 Å². The SMILES string of the molecule is OC1C(SCc2ccccc2)[C@@H](c2ccccc2)[C@]2(c3ccc(Br)cc3)Oc3cc(Cl)cnc3[C@]12O. The monoisotopic (exact) mass is 579 g/mol. The summed E-state index contributed by atoms with van der Waals surface area (Å²) in [6.07, 6.45) is 0.337. The van der Waals surface area contributed by atoms with Crippen LogP contribution in [0.4, 0.5) is 0 Å². The zero-order valence-corrected chi connectivity index (χ0v) is 22.2. The van der Waals surface area contributed by atoms with E-state index in [4.69, 9.17) is 16.3 Å². The average molecular weight is 581 g/mol. The largest absolute Gasteiger partial charge is 0.476 e. The van der Waals surface area contributed by atoms with Gasteiger partial charge in [-0.05, 0) is 28.8 Å². The molecule has 1 aliphatic heterocycles. The number of hydrogen-bond acceptors (Lipinski definition) is 5. The van der Waals surface area contributed by atoms with Gasteiger partial charge in [-0.25, -0.2) is 0 Å². The molecular formula is C29H23BrClNO3S. The van der Waals surface area contributed by atoms with Gasteiger partial charge in [-0.2, -0.15) is 11.8 Å². The molecule has 0 amide bonds. The second kappa shape index (κ2) is 9.19. The Morgan fingerprint density at radius 3 is 2.33 bits per heavy atom. The maximum atomic E-state index is 12.6. The van der Waals surface area contributed by atoms with Crippen LogP contribution in [0.15, 0.2) is 102 Å². The lowest BCUT2D eigenvalue weighted by molar-refractivity contribution is -0.150. The van der Waals surface area contributed by atoms with Crippen molar-refractivity contribution in [1.82, 2.24) is 4.98 Å². The van der Waals surface area contributed by atoms with E-state index >= 15 is 0 Å². The van der Waals surface area contributed by atoms with Gasteiger partial charge in [0.25, 0.3) is 0 Å². The van der Waals surface area contributed by atoms with Crippen LogP contribution in [0.2, 0.25) is 5.02 Å². The second-order valence-corrected chi connectivity index (χ2v) is 11.7. The van der Waals surface area contributed by atoms with Gasteiger partial charge in [0.05, 0.1) is 5.02 Å². The van der Waals surface area contributed by atoms with Gasteiger partial charge in [0.1, 0.15) is 17.5 Å². The Hall–Kier alpha value is -2.35. The van der Waals surface area contributed by atoms with Crippen LogP contribution in [0.3, 0.4) is 0 Å². The molecule has 0 bridgehead atoms. The third kappa shape index (κ3) is 3.54. The van der Waals surface area contributed by atoms with E-state index in [0.29, 0.717) is 22.2 Å². The molecule has 2 aliphatic rings. The van der Waals surface area contributed by atoms with Crippen molar-refractivity contribution in [2.24, 2.45) is 0 Å². The number of aromatic nitrogens is 1. The number of rotatable bonds is 5. The molecule has 1 fully saturated rings. The smallest absolute Gasteiger partial charge is 0.182 e. The topological polar surface area (TPSA) is 62.6 Å². The molecule has 6 rings (SSSR count). The number of aliphatic hydroxyl groups is 2. The van der Waals surface area contributed by atoms with Gasteiger partial charge in [-0.15, -0.1) is 0 Å². The number of halogens is 2. The standard InChI is InChI=1S/C29H23BrClNO3S/c30-21-13-11-20(12-14-21)29-24(19-9-5-2-6-10-19)25(36-17-18-7-3-1-4-8-18)27(33)28(29,34)26-23(35-29)15-22(31)16-32-26/h1-16,24-25,27,33-34H,17H2/t24-,25?,27?,28+,29+/m1/s1. The molecule has 7 heteroatoms. The fourth-order valence-corrected chi connectivity index (χ4v) is 7.63. The first-order chi connectivity index (χ1) is 17.4. The third-order valence-electron chi connectivity index (χ3n) is 7.24. The Morgan fingerprint density at radius 1 is 0.972 bits per heavy atom. The lowest BCUT2D eigenvalue weighted by atomic mass is 9.72. The van der Waals surface area contributed by atoms with E-state index in [-0.39, 0.29) is 11.2 Å². The quantitative estimate of drug-likeness (QED) is 0.285. The summed E-state index contributed by atoms with van der Waals surface area (Å²) in [5, 5.41) is 24.6. The van der Waals surface area contributed by atoms with E-state index in [1.165, 1.54) is 6.20 Å². The van der Waals surface area contributed by atoms with Crippen LogP contribution >= 0.6 is 39.3 Å². The highest BCUT2D eigenvalue weighted by Crippen LogP contribution is 2.68. The van der Waals surface area contributed by atoms with E-state index in [2.05, 4.69) is 33.0 Å². The van der Waals surface area contributed by atoms with Crippen LogP contribution in [0.25, 0.3) is 0 Å². The van der Waals surface area contributed by atoms with Crippen LogP contribution < -0.4 is 4.74 Å². The first-order valence-corrected chi connectivity index (χ1v) is 13.9. The number of ether oxygens (including phenoxy) is 1. The molecule has 4 nitrogen and oxygen atoms in total. The molecule has 2 N–H and O–H groups in total. The van der Waals surface area contributed by atoms with Crippen LogP contribution in [0.1, 0.15) is 28.3 Å². The van der Waals surface area contributed by atoms with Crippen molar-refractivity contribution in [3.8, 4) is 5.75 Å². The summed E-state index contributed by atoms with van der Waals surface area (Å²) in [5.74, 6) is 0.681. The van der Waals surface area contributed by atoms with Gasteiger partial charge in [0.15, 0.2) is 11.2 Å². The molecule has 182 valence electrons. The van der Waals surface area contributed by atoms with Crippen molar-refractivity contribution in [3.05, 3.63) is 129 Å². The molecule has 1 aromatic heterocycles. The Labute approximate surface area is 227 Å². The van der Waals surface area contributed by atoms with E-state index in [0.717, 1.165) is 21.2 Å². The normalized spacial score (nSPS) is 28.4. The number of benzene rings is 3. The minimum absolute atomic E-state index is 0.311. The molecule has 1 saturated carbocycles. The van der Waals surface area contributed by atoms with Crippen molar-refractivity contribution < 1.29 is 14.9 Å². The van der Waals surface area contributed by atoms with Crippen LogP contribution in [-0.2, 0) is 17.0 Å². The molecule has 2 unspecified atom stereocenters. The summed E-state index contributed by atoms with van der Waals surface area (Å²) >= 11 is 11.4. The Morgan fingerprint density at radius 2 is 1.64 bits per heavy atom. The molecule has 2 heterocycles. The first-order valence-electron chi connectivity index (χ1n) is 11.7. The summed E-state index contributed by atoms with van der Waals surface area (Å²) in [5.41, 5.74) is 0.0804. The Kier molecular flexibility index (Phi) is 6.13. The molecule has 0 spiro atoms. The van der Waals surface area contributed by atoms with Gasteiger partial charge in [0.2, 0.25) is 0 Å². The van der Waals surface area contributed by atoms with Crippen LogP contribution in [0.5, 0.6) is 5.75 Å². The molecule has 0 saturated heterocycles. The zero-order valence-electron chi connectivity index (χ0n) is 19.1. The number of nitrogens with zero attached hydrogens (tertiary/aromatic N) is 1. The van der Waals surface area contributed by atoms with Gasteiger partial charge in [-0.3, -0.25) is 4.98 Å². The molecule has 5 atom stereocenters.